The van der Waals surface area contributed by atoms with Crippen molar-refractivity contribution in [1.82, 2.24) is 14.9 Å². The van der Waals surface area contributed by atoms with Crippen LogP contribution in [0.25, 0.3) is 22.4 Å². The van der Waals surface area contributed by atoms with Gasteiger partial charge >= 0.3 is 12.1 Å². The Morgan fingerprint density at radius 1 is 1.25 bits per heavy atom. The van der Waals surface area contributed by atoms with Crippen molar-refractivity contribution in [3.63, 3.8) is 0 Å². The normalized spacial score (nSPS) is 16.9. The van der Waals surface area contributed by atoms with E-state index in [-0.39, 0.29) is 40.6 Å². The van der Waals surface area contributed by atoms with E-state index >= 15 is 0 Å². The maximum absolute atomic E-state index is 13.4. The second-order valence-corrected chi connectivity index (χ2v) is 8.33. The SMILES string of the molecule is CCOC(=O)[C@@H]1CCCN1C(=O)c1nc(-c2ccc(OC)c3nc(C(F)(F)F)ccc23)oc1[C@H](C)N. The number of nitrogens with two attached hydrogens (primary N) is 1. The largest absolute Gasteiger partial charge is 0.494 e. The zero-order chi connectivity index (χ0) is 26.2. The first-order chi connectivity index (χ1) is 17.1. The lowest BCUT2D eigenvalue weighted by atomic mass is 10.1. The summed E-state index contributed by atoms with van der Waals surface area (Å²) in [6, 6.07) is 3.62. The number of amides is 1. The summed E-state index contributed by atoms with van der Waals surface area (Å²) in [5, 5.41) is 0.282. The Labute approximate surface area is 204 Å². The van der Waals surface area contributed by atoms with Gasteiger partial charge in [0.05, 0.1) is 19.8 Å². The van der Waals surface area contributed by atoms with Crippen molar-refractivity contribution in [2.24, 2.45) is 5.73 Å². The smallest absolute Gasteiger partial charge is 0.433 e. The second kappa shape index (κ2) is 9.76. The minimum absolute atomic E-state index is 0.0215. The molecule has 1 fully saturated rings. The molecule has 1 aromatic carbocycles. The average molecular weight is 506 g/mol. The lowest BCUT2D eigenvalue weighted by Crippen LogP contribution is -2.42. The number of benzene rings is 1. The minimum atomic E-state index is -4.65. The van der Waals surface area contributed by atoms with Crippen molar-refractivity contribution >= 4 is 22.8 Å². The molecule has 1 saturated heterocycles. The van der Waals surface area contributed by atoms with Crippen molar-refractivity contribution in [3.05, 3.63) is 41.4 Å². The molecule has 12 heteroatoms. The highest BCUT2D eigenvalue weighted by atomic mass is 19.4. The molecule has 192 valence electrons. The van der Waals surface area contributed by atoms with Crippen LogP contribution >= 0.6 is 0 Å². The van der Waals surface area contributed by atoms with Crippen LogP contribution in [0.2, 0.25) is 0 Å². The highest BCUT2D eigenvalue weighted by Gasteiger charge is 2.39. The van der Waals surface area contributed by atoms with E-state index < -0.39 is 35.8 Å². The number of alkyl halides is 3. The van der Waals surface area contributed by atoms with E-state index in [1.807, 2.05) is 0 Å². The van der Waals surface area contributed by atoms with E-state index in [2.05, 4.69) is 9.97 Å². The molecule has 2 N–H and O–H groups in total. The van der Waals surface area contributed by atoms with Crippen LogP contribution in [0.15, 0.2) is 28.7 Å². The number of hydrogen-bond donors (Lipinski definition) is 1. The highest BCUT2D eigenvalue weighted by Crippen LogP contribution is 2.37. The molecule has 9 nitrogen and oxygen atoms in total. The van der Waals surface area contributed by atoms with Crippen molar-refractivity contribution in [2.75, 3.05) is 20.3 Å². The zero-order valence-electron chi connectivity index (χ0n) is 19.9. The van der Waals surface area contributed by atoms with Gasteiger partial charge in [0.2, 0.25) is 5.89 Å². The summed E-state index contributed by atoms with van der Waals surface area (Å²) in [5.74, 6) is -0.838. The summed E-state index contributed by atoms with van der Waals surface area (Å²) in [5.41, 5.74) is 5.17. The van der Waals surface area contributed by atoms with Crippen molar-refractivity contribution in [3.8, 4) is 17.2 Å². The third kappa shape index (κ3) is 4.60. The van der Waals surface area contributed by atoms with Crippen LogP contribution in [0.5, 0.6) is 5.75 Å². The number of nitrogens with zero attached hydrogens (tertiary/aromatic N) is 3. The van der Waals surface area contributed by atoms with Crippen LogP contribution in [0.3, 0.4) is 0 Å². The molecule has 4 rings (SSSR count). The van der Waals surface area contributed by atoms with Crippen molar-refractivity contribution in [1.29, 1.82) is 0 Å². The Morgan fingerprint density at radius 2 is 2.00 bits per heavy atom. The standard InChI is InChI=1S/C24H25F3N4O5/c1-4-35-23(33)15-6-5-11-31(15)22(32)19-20(12(2)28)36-21(30-19)14-7-9-16(34-3)18-13(14)8-10-17(29-18)24(25,26)27/h7-10,12,15H,4-6,11,28H2,1-3H3/t12-,15-/m0/s1. The fraction of sp³-hybridized carbons (Fsp3) is 0.417. The molecule has 2 atom stereocenters. The van der Waals surface area contributed by atoms with E-state index in [1.54, 1.807) is 19.9 Å². The first kappa shape index (κ1) is 25.4. The monoisotopic (exact) mass is 506 g/mol. The maximum Gasteiger partial charge on any atom is 0.433 e. The van der Waals surface area contributed by atoms with Gasteiger partial charge in [0.15, 0.2) is 11.5 Å². The molecule has 1 aliphatic rings. The Balaban J connectivity index is 1.80. The number of methoxy groups -OCH3 is 1. The van der Waals surface area contributed by atoms with Crippen molar-refractivity contribution < 1.29 is 36.7 Å². The Hall–Kier alpha value is -3.67. The third-order valence-electron chi connectivity index (χ3n) is 5.90. The molecule has 0 spiro atoms. The van der Waals surface area contributed by atoms with E-state index in [0.717, 1.165) is 6.07 Å². The van der Waals surface area contributed by atoms with Gasteiger partial charge in [-0.25, -0.2) is 14.8 Å². The van der Waals surface area contributed by atoms with Crippen LogP contribution in [0.1, 0.15) is 54.7 Å². The van der Waals surface area contributed by atoms with Crippen LogP contribution in [-0.4, -0.2) is 53.0 Å². The summed E-state index contributed by atoms with van der Waals surface area (Å²) in [6.07, 6.45) is -3.58. The number of carbonyl (C=O) groups excluding carboxylic acids is 2. The Kier molecular flexibility index (Phi) is 6.90. The Morgan fingerprint density at radius 3 is 2.64 bits per heavy atom. The second-order valence-electron chi connectivity index (χ2n) is 8.33. The van der Waals surface area contributed by atoms with Gasteiger partial charge < -0.3 is 24.5 Å². The van der Waals surface area contributed by atoms with E-state index in [1.165, 1.54) is 24.1 Å². The predicted molar refractivity (Wildman–Crippen MR) is 122 cm³/mol. The molecule has 1 aliphatic heterocycles. The molecule has 3 aromatic rings. The molecular formula is C24H25F3N4O5. The number of esters is 1. The Bertz CT molecular complexity index is 1300. The van der Waals surface area contributed by atoms with E-state index in [0.29, 0.717) is 24.9 Å². The molecule has 1 amide bonds. The molecule has 3 heterocycles. The summed E-state index contributed by atoms with van der Waals surface area (Å²) >= 11 is 0. The number of rotatable bonds is 6. The van der Waals surface area contributed by atoms with Gasteiger partial charge in [-0.15, -0.1) is 0 Å². The topological polar surface area (TPSA) is 121 Å². The maximum atomic E-state index is 13.4. The molecule has 0 aliphatic carbocycles. The number of likely N-dealkylation sites (tertiary alicyclic amines) is 1. The first-order valence-electron chi connectivity index (χ1n) is 11.4. The summed E-state index contributed by atoms with van der Waals surface area (Å²) in [4.78, 5) is 35.3. The fourth-order valence-electron chi connectivity index (χ4n) is 4.24. The average Bonchev–Trinajstić information content (AvgIpc) is 3.50. The molecule has 0 radical (unpaired) electrons. The predicted octanol–water partition coefficient (Wildman–Crippen LogP) is 4.10. The van der Waals surface area contributed by atoms with Gasteiger partial charge in [-0.1, -0.05) is 0 Å². The van der Waals surface area contributed by atoms with Gasteiger partial charge in [0.1, 0.15) is 23.0 Å². The molecule has 0 unspecified atom stereocenters. The minimum Gasteiger partial charge on any atom is -0.494 e. The van der Waals surface area contributed by atoms with E-state index in [9.17, 15) is 22.8 Å². The molecule has 0 saturated carbocycles. The summed E-state index contributed by atoms with van der Waals surface area (Å²) < 4.78 is 56.0. The van der Waals surface area contributed by atoms with Gasteiger partial charge in [0.25, 0.3) is 5.91 Å². The first-order valence-corrected chi connectivity index (χ1v) is 11.4. The summed E-state index contributed by atoms with van der Waals surface area (Å²) in [6.45, 7) is 3.81. The number of fused-ring (bicyclic) bond motifs is 1. The fourth-order valence-corrected chi connectivity index (χ4v) is 4.24. The molecule has 2 aromatic heterocycles. The van der Waals surface area contributed by atoms with Gasteiger partial charge in [-0.05, 0) is 51.0 Å². The van der Waals surface area contributed by atoms with Crippen LogP contribution in [-0.2, 0) is 15.7 Å². The molecule has 36 heavy (non-hydrogen) atoms. The summed E-state index contributed by atoms with van der Waals surface area (Å²) in [7, 11) is 1.32. The number of ether oxygens (including phenoxy) is 2. The molecular weight excluding hydrogens is 481 g/mol. The van der Waals surface area contributed by atoms with Crippen LogP contribution in [0.4, 0.5) is 13.2 Å². The van der Waals surface area contributed by atoms with Crippen LogP contribution in [0, 0.1) is 0 Å². The number of oxazole rings is 1. The lowest BCUT2D eigenvalue weighted by molar-refractivity contribution is -0.147. The van der Waals surface area contributed by atoms with Crippen molar-refractivity contribution in [2.45, 2.75) is 44.9 Å². The third-order valence-corrected chi connectivity index (χ3v) is 5.90. The zero-order valence-corrected chi connectivity index (χ0v) is 19.9. The highest BCUT2D eigenvalue weighted by molar-refractivity contribution is 5.99. The number of carbonyl (C=O) groups is 2. The van der Waals surface area contributed by atoms with E-state index in [4.69, 9.17) is 19.6 Å². The number of aromatic nitrogens is 2. The number of halogens is 3. The number of hydrogen-bond acceptors (Lipinski definition) is 8. The van der Waals surface area contributed by atoms with Gasteiger partial charge in [-0.3, -0.25) is 4.79 Å². The van der Waals surface area contributed by atoms with Gasteiger partial charge in [0, 0.05) is 17.5 Å². The number of pyridine rings is 1. The molecule has 0 bridgehead atoms. The van der Waals surface area contributed by atoms with Crippen LogP contribution < -0.4 is 10.5 Å². The quantitative estimate of drug-likeness (QED) is 0.496. The lowest BCUT2D eigenvalue weighted by Gasteiger charge is -2.22. The van der Waals surface area contributed by atoms with Gasteiger partial charge in [-0.2, -0.15) is 13.2 Å².